The van der Waals surface area contributed by atoms with E-state index in [0.29, 0.717) is 12.1 Å². The van der Waals surface area contributed by atoms with E-state index in [4.69, 9.17) is 0 Å². The van der Waals surface area contributed by atoms with E-state index in [-0.39, 0.29) is 0 Å². The van der Waals surface area contributed by atoms with Crippen LogP contribution in [0.15, 0.2) is 0 Å². The van der Waals surface area contributed by atoms with E-state index in [2.05, 4.69) is 38.0 Å². The van der Waals surface area contributed by atoms with Gasteiger partial charge in [-0.1, -0.05) is 13.8 Å². The van der Waals surface area contributed by atoms with Crippen molar-refractivity contribution in [3.63, 3.8) is 0 Å². The number of rotatable bonds is 3. The summed E-state index contributed by atoms with van der Waals surface area (Å²) in [6.45, 7) is 9.29. The zero-order chi connectivity index (χ0) is 9.84. The van der Waals surface area contributed by atoms with Crippen molar-refractivity contribution in [1.82, 2.24) is 10.2 Å². The maximum Gasteiger partial charge on any atom is 0.0221 e. The normalized spacial score (nSPS) is 31.2. The number of hydrogen-bond acceptors (Lipinski definition) is 2. The minimum Gasteiger partial charge on any atom is -0.312 e. The zero-order valence-corrected chi connectivity index (χ0v) is 9.51. The minimum atomic E-state index is 0.701. The summed E-state index contributed by atoms with van der Waals surface area (Å²) in [4.78, 5) is 2.46. The second-order valence-corrected chi connectivity index (χ2v) is 4.77. The highest BCUT2D eigenvalue weighted by Crippen LogP contribution is 2.15. The number of piperidine rings is 1. The molecule has 1 heterocycles. The van der Waals surface area contributed by atoms with Crippen molar-refractivity contribution in [1.29, 1.82) is 0 Å². The first-order valence-electron chi connectivity index (χ1n) is 5.55. The fourth-order valence-electron chi connectivity index (χ4n) is 1.97. The van der Waals surface area contributed by atoms with Gasteiger partial charge in [0.15, 0.2) is 0 Å². The van der Waals surface area contributed by atoms with Crippen LogP contribution in [0.25, 0.3) is 0 Å². The second-order valence-electron chi connectivity index (χ2n) is 4.77. The molecule has 1 aliphatic rings. The van der Waals surface area contributed by atoms with E-state index in [1.165, 1.54) is 19.4 Å². The van der Waals surface area contributed by atoms with Crippen molar-refractivity contribution in [3.8, 4) is 0 Å². The molecule has 1 saturated heterocycles. The van der Waals surface area contributed by atoms with Crippen LogP contribution < -0.4 is 5.32 Å². The Hall–Kier alpha value is -0.0800. The molecular formula is C11H24N2. The molecule has 0 amide bonds. The summed E-state index contributed by atoms with van der Waals surface area (Å²) < 4.78 is 0. The molecule has 2 unspecified atom stereocenters. The van der Waals surface area contributed by atoms with Crippen LogP contribution in [0, 0.1) is 5.92 Å². The summed E-state index contributed by atoms with van der Waals surface area (Å²) in [7, 11) is 2.23. The lowest BCUT2D eigenvalue weighted by Crippen LogP contribution is -2.51. The van der Waals surface area contributed by atoms with Gasteiger partial charge in [0.05, 0.1) is 0 Å². The molecule has 1 N–H and O–H groups in total. The molecule has 0 saturated carbocycles. The topological polar surface area (TPSA) is 15.3 Å². The van der Waals surface area contributed by atoms with Crippen LogP contribution in [0.5, 0.6) is 0 Å². The Bertz CT molecular complexity index is 145. The summed E-state index contributed by atoms with van der Waals surface area (Å²) in [5.41, 5.74) is 0. The van der Waals surface area contributed by atoms with Gasteiger partial charge in [0.1, 0.15) is 0 Å². The summed E-state index contributed by atoms with van der Waals surface area (Å²) in [5, 5.41) is 3.66. The number of nitrogens with zero attached hydrogens (tertiary/aromatic N) is 1. The van der Waals surface area contributed by atoms with Crippen molar-refractivity contribution in [2.45, 2.75) is 45.7 Å². The number of likely N-dealkylation sites (tertiary alicyclic amines) is 1. The molecule has 1 fully saturated rings. The third-order valence-corrected chi connectivity index (χ3v) is 3.09. The third-order valence-electron chi connectivity index (χ3n) is 3.09. The molecule has 1 rings (SSSR count). The van der Waals surface area contributed by atoms with Crippen molar-refractivity contribution >= 4 is 0 Å². The fourth-order valence-corrected chi connectivity index (χ4v) is 1.97. The van der Waals surface area contributed by atoms with Gasteiger partial charge in [-0.25, -0.2) is 0 Å². The molecule has 78 valence electrons. The lowest BCUT2D eigenvalue weighted by Gasteiger charge is -2.37. The number of likely N-dealkylation sites (N-methyl/N-ethyl adjacent to an activating group) is 1. The van der Waals surface area contributed by atoms with Gasteiger partial charge in [-0.2, -0.15) is 0 Å². The molecule has 2 nitrogen and oxygen atoms in total. The van der Waals surface area contributed by atoms with Gasteiger partial charge in [0, 0.05) is 12.1 Å². The maximum atomic E-state index is 3.66. The molecule has 0 radical (unpaired) electrons. The van der Waals surface area contributed by atoms with E-state index in [1.807, 2.05) is 0 Å². The Kier molecular flexibility index (Phi) is 4.20. The van der Waals surface area contributed by atoms with Crippen molar-refractivity contribution in [2.24, 2.45) is 5.92 Å². The molecule has 0 aromatic heterocycles. The maximum absolute atomic E-state index is 3.66. The Morgan fingerprint density at radius 1 is 1.46 bits per heavy atom. The molecule has 0 spiro atoms. The zero-order valence-electron chi connectivity index (χ0n) is 9.51. The molecule has 2 atom stereocenters. The Labute approximate surface area is 82.7 Å². The molecule has 0 aromatic carbocycles. The number of nitrogens with one attached hydrogen (secondary N) is 1. The van der Waals surface area contributed by atoms with Gasteiger partial charge in [-0.15, -0.1) is 0 Å². The summed E-state index contributed by atoms with van der Waals surface area (Å²) >= 11 is 0. The average Bonchev–Trinajstić information content (AvgIpc) is 2.07. The first kappa shape index (κ1) is 11.0. The van der Waals surface area contributed by atoms with Crippen LogP contribution in [-0.4, -0.2) is 37.1 Å². The van der Waals surface area contributed by atoms with Crippen LogP contribution in [-0.2, 0) is 0 Å². The average molecular weight is 184 g/mol. The van der Waals surface area contributed by atoms with Crippen LogP contribution in [0.3, 0.4) is 0 Å². The summed E-state index contributed by atoms with van der Waals surface area (Å²) in [6, 6.07) is 1.41. The second kappa shape index (κ2) is 4.97. The lowest BCUT2D eigenvalue weighted by molar-refractivity contribution is 0.152. The van der Waals surface area contributed by atoms with Gasteiger partial charge in [0.2, 0.25) is 0 Å². The van der Waals surface area contributed by atoms with Crippen molar-refractivity contribution < 1.29 is 0 Å². The first-order valence-corrected chi connectivity index (χ1v) is 5.55. The van der Waals surface area contributed by atoms with E-state index in [1.54, 1.807) is 0 Å². The first-order chi connectivity index (χ1) is 6.11. The van der Waals surface area contributed by atoms with E-state index < -0.39 is 0 Å². The standard InChI is InChI=1S/C11H24N2/c1-9(2)8-12-11-6-5-7-13(4)10(11)3/h9-12H,5-8H2,1-4H3. The Morgan fingerprint density at radius 2 is 2.15 bits per heavy atom. The van der Waals surface area contributed by atoms with Gasteiger partial charge in [-0.3, -0.25) is 0 Å². The predicted molar refractivity (Wildman–Crippen MR) is 58.0 cm³/mol. The highest BCUT2D eigenvalue weighted by Gasteiger charge is 2.24. The van der Waals surface area contributed by atoms with Crippen LogP contribution in [0.1, 0.15) is 33.6 Å². The summed E-state index contributed by atoms with van der Waals surface area (Å²) in [6.07, 6.45) is 2.69. The summed E-state index contributed by atoms with van der Waals surface area (Å²) in [5.74, 6) is 0.763. The quantitative estimate of drug-likeness (QED) is 0.718. The predicted octanol–water partition coefficient (Wildman–Crippen LogP) is 1.71. The fraction of sp³-hybridized carbons (Fsp3) is 1.00. The van der Waals surface area contributed by atoms with Crippen molar-refractivity contribution in [3.05, 3.63) is 0 Å². The molecular weight excluding hydrogens is 160 g/mol. The molecule has 0 aliphatic carbocycles. The van der Waals surface area contributed by atoms with Gasteiger partial charge in [0.25, 0.3) is 0 Å². The monoisotopic (exact) mass is 184 g/mol. The van der Waals surface area contributed by atoms with E-state index in [9.17, 15) is 0 Å². The van der Waals surface area contributed by atoms with Crippen LogP contribution in [0.4, 0.5) is 0 Å². The van der Waals surface area contributed by atoms with Crippen molar-refractivity contribution in [2.75, 3.05) is 20.1 Å². The molecule has 2 heteroatoms. The minimum absolute atomic E-state index is 0.701. The van der Waals surface area contributed by atoms with E-state index in [0.717, 1.165) is 12.5 Å². The molecule has 0 aromatic rings. The third kappa shape index (κ3) is 3.28. The largest absolute Gasteiger partial charge is 0.312 e. The molecule has 0 bridgehead atoms. The van der Waals surface area contributed by atoms with Crippen LogP contribution >= 0.6 is 0 Å². The number of hydrogen-bond donors (Lipinski definition) is 1. The van der Waals surface area contributed by atoms with Gasteiger partial charge in [-0.05, 0) is 45.8 Å². The van der Waals surface area contributed by atoms with Crippen LogP contribution in [0.2, 0.25) is 0 Å². The lowest BCUT2D eigenvalue weighted by atomic mass is 9.97. The molecule has 1 aliphatic heterocycles. The van der Waals surface area contributed by atoms with Gasteiger partial charge < -0.3 is 10.2 Å². The SMILES string of the molecule is CC(C)CNC1CCCN(C)C1C. The smallest absolute Gasteiger partial charge is 0.0221 e. The Balaban J connectivity index is 2.31. The Morgan fingerprint density at radius 3 is 2.77 bits per heavy atom. The highest BCUT2D eigenvalue weighted by molar-refractivity contribution is 4.84. The molecule has 13 heavy (non-hydrogen) atoms. The van der Waals surface area contributed by atoms with Gasteiger partial charge >= 0.3 is 0 Å². The van der Waals surface area contributed by atoms with E-state index >= 15 is 0 Å². The highest BCUT2D eigenvalue weighted by atomic mass is 15.2.